The van der Waals surface area contributed by atoms with Gasteiger partial charge in [0.05, 0.1) is 13.2 Å². The maximum atomic E-state index is 12.1. The van der Waals surface area contributed by atoms with Gasteiger partial charge in [0.2, 0.25) is 5.91 Å². The smallest absolute Gasteiger partial charge is 0.319 e. The number of methoxy groups -OCH3 is 1. The highest BCUT2D eigenvalue weighted by atomic mass is 35.5. The zero-order valence-corrected chi connectivity index (χ0v) is 18.0. The molecule has 0 aromatic heterocycles. The van der Waals surface area contributed by atoms with Gasteiger partial charge in [-0.1, -0.05) is 0 Å². The van der Waals surface area contributed by atoms with E-state index in [4.69, 9.17) is 4.74 Å². The largest absolute Gasteiger partial charge is 0.383 e. The number of hydrogen-bond donors (Lipinski definition) is 4. The van der Waals surface area contributed by atoms with Crippen LogP contribution in [0.5, 0.6) is 0 Å². The van der Waals surface area contributed by atoms with Gasteiger partial charge in [-0.05, 0) is 57.2 Å². The van der Waals surface area contributed by atoms with Gasteiger partial charge in [-0.3, -0.25) is 4.79 Å². The van der Waals surface area contributed by atoms with Gasteiger partial charge in [0.25, 0.3) is 0 Å². The molecule has 1 fully saturated rings. The molecule has 0 unspecified atom stereocenters. The molecule has 1 heterocycles. The first-order chi connectivity index (χ1) is 12.6. The van der Waals surface area contributed by atoms with Gasteiger partial charge < -0.3 is 30.9 Å². The Hall–Kier alpha value is -1.58. The number of urea groups is 1. The van der Waals surface area contributed by atoms with Crippen LogP contribution in [0.25, 0.3) is 0 Å². The Morgan fingerprint density at radius 2 is 1.64 bits per heavy atom. The van der Waals surface area contributed by atoms with Crippen LogP contribution in [0.4, 0.5) is 16.2 Å². The van der Waals surface area contributed by atoms with Crippen LogP contribution in [-0.4, -0.2) is 69.8 Å². The fourth-order valence-electron chi connectivity index (χ4n) is 2.72. The zero-order valence-electron chi connectivity index (χ0n) is 16.3. The van der Waals surface area contributed by atoms with Crippen molar-refractivity contribution in [3.8, 4) is 0 Å². The van der Waals surface area contributed by atoms with Gasteiger partial charge >= 0.3 is 6.03 Å². The van der Waals surface area contributed by atoms with E-state index < -0.39 is 0 Å². The lowest BCUT2D eigenvalue weighted by Crippen LogP contribution is -2.44. The number of nitrogens with zero attached hydrogens (tertiary/aromatic N) is 1. The molecule has 2 rings (SSSR count). The monoisotopic (exact) mass is 435 g/mol. The van der Waals surface area contributed by atoms with Crippen molar-refractivity contribution in [2.24, 2.45) is 0 Å². The molecule has 8 nitrogen and oxygen atoms in total. The van der Waals surface area contributed by atoms with E-state index in [1.807, 2.05) is 0 Å². The lowest BCUT2D eigenvalue weighted by molar-refractivity contribution is -0.115. The SMILES string of the molecule is COCCNCC(=O)Nc1ccc(NC(=O)NC2CCN(C)CC2)cc1.Cl.Cl. The van der Waals surface area contributed by atoms with Crippen molar-refractivity contribution in [3.05, 3.63) is 24.3 Å². The summed E-state index contributed by atoms with van der Waals surface area (Å²) in [6.45, 7) is 3.41. The highest BCUT2D eigenvalue weighted by Gasteiger charge is 2.18. The molecular weight excluding hydrogens is 405 g/mol. The molecular formula is C18H31Cl2N5O3. The molecule has 0 radical (unpaired) electrons. The minimum absolute atomic E-state index is 0. The number of amides is 3. The van der Waals surface area contributed by atoms with Gasteiger partial charge in [-0.2, -0.15) is 0 Å². The van der Waals surface area contributed by atoms with Crippen LogP contribution in [0.15, 0.2) is 24.3 Å². The summed E-state index contributed by atoms with van der Waals surface area (Å²) in [6, 6.07) is 7.08. The maximum absolute atomic E-state index is 12.1. The van der Waals surface area contributed by atoms with Gasteiger partial charge in [0, 0.05) is 31.1 Å². The lowest BCUT2D eigenvalue weighted by Gasteiger charge is -2.29. The number of carbonyl (C=O) groups excluding carboxylic acids is 2. The van der Waals surface area contributed by atoms with Crippen LogP contribution < -0.4 is 21.3 Å². The summed E-state index contributed by atoms with van der Waals surface area (Å²) in [5.74, 6) is -0.123. The van der Waals surface area contributed by atoms with E-state index in [-0.39, 0.29) is 49.3 Å². The lowest BCUT2D eigenvalue weighted by atomic mass is 10.1. The Morgan fingerprint density at radius 3 is 2.21 bits per heavy atom. The average molecular weight is 436 g/mol. The molecule has 0 atom stereocenters. The number of benzene rings is 1. The van der Waals surface area contributed by atoms with Gasteiger partial charge in [-0.15, -0.1) is 24.8 Å². The van der Waals surface area contributed by atoms with E-state index >= 15 is 0 Å². The number of likely N-dealkylation sites (tertiary alicyclic amines) is 1. The van der Waals surface area contributed by atoms with Crippen LogP contribution in [0.1, 0.15) is 12.8 Å². The van der Waals surface area contributed by atoms with Crippen LogP contribution in [-0.2, 0) is 9.53 Å². The highest BCUT2D eigenvalue weighted by Crippen LogP contribution is 2.14. The second-order valence-electron chi connectivity index (χ2n) is 6.47. The van der Waals surface area contributed by atoms with Crippen LogP contribution in [0, 0.1) is 0 Å². The predicted octanol–water partition coefficient (Wildman–Crippen LogP) is 1.92. The fourth-order valence-corrected chi connectivity index (χ4v) is 2.72. The first-order valence-corrected chi connectivity index (χ1v) is 8.92. The topological polar surface area (TPSA) is 94.7 Å². The minimum Gasteiger partial charge on any atom is -0.383 e. The second kappa shape index (κ2) is 14.4. The van der Waals surface area contributed by atoms with E-state index in [0.29, 0.717) is 24.5 Å². The van der Waals surface area contributed by atoms with Crippen molar-refractivity contribution < 1.29 is 14.3 Å². The number of halogens is 2. The summed E-state index contributed by atoms with van der Waals surface area (Å²) in [6.07, 6.45) is 1.93. The fraction of sp³-hybridized carbons (Fsp3) is 0.556. The first-order valence-electron chi connectivity index (χ1n) is 8.92. The van der Waals surface area contributed by atoms with Gasteiger partial charge in [0.15, 0.2) is 0 Å². The molecule has 0 aliphatic carbocycles. The van der Waals surface area contributed by atoms with Crippen molar-refractivity contribution in [1.29, 1.82) is 0 Å². The van der Waals surface area contributed by atoms with Crippen molar-refractivity contribution in [2.75, 3.05) is 57.6 Å². The molecule has 1 saturated heterocycles. The number of rotatable bonds is 8. The first kappa shape index (κ1) is 26.4. The van der Waals surface area contributed by atoms with Crippen molar-refractivity contribution in [1.82, 2.24) is 15.5 Å². The third-order valence-electron chi connectivity index (χ3n) is 4.25. The molecule has 0 saturated carbocycles. The van der Waals surface area contributed by atoms with E-state index in [1.54, 1.807) is 31.4 Å². The Bertz CT molecular complexity index is 581. The average Bonchev–Trinajstić information content (AvgIpc) is 2.62. The number of hydrogen-bond acceptors (Lipinski definition) is 5. The Kier molecular flexibility index (Phi) is 13.6. The molecule has 1 aliphatic rings. The summed E-state index contributed by atoms with van der Waals surface area (Å²) in [4.78, 5) is 26.1. The number of nitrogens with one attached hydrogen (secondary N) is 4. The van der Waals surface area contributed by atoms with Crippen molar-refractivity contribution in [2.45, 2.75) is 18.9 Å². The van der Waals surface area contributed by atoms with Crippen molar-refractivity contribution >= 4 is 48.1 Å². The predicted molar refractivity (Wildman–Crippen MR) is 117 cm³/mol. The summed E-state index contributed by atoms with van der Waals surface area (Å²) in [5.41, 5.74) is 1.37. The Morgan fingerprint density at radius 1 is 1.07 bits per heavy atom. The second-order valence-corrected chi connectivity index (χ2v) is 6.47. The minimum atomic E-state index is -0.196. The zero-order chi connectivity index (χ0) is 18.8. The molecule has 3 amide bonds. The standard InChI is InChI=1S/C18H29N5O3.2ClH/c1-23-10-7-16(8-11-23)22-18(25)21-15-5-3-14(4-6-15)20-17(24)13-19-9-12-26-2;;/h3-6,16,19H,7-13H2,1-2H3,(H,20,24)(H2,21,22,25);2*1H. The summed E-state index contributed by atoms with van der Waals surface area (Å²) < 4.78 is 4.90. The molecule has 0 spiro atoms. The molecule has 4 N–H and O–H groups in total. The number of anilines is 2. The molecule has 1 aliphatic heterocycles. The summed E-state index contributed by atoms with van der Waals surface area (Å²) >= 11 is 0. The van der Waals surface area contributed by atoms with Crippen LogP contribution in [0.2, 0.25) is 0 Å². The van der Waals surface area contributed by atoms with Crippen LogP contribution in [0.3, 0.4) is 0 Å². The molecule has 160 valence electrons. The van der Waals surface area contributed by atoms with Crippen molar-refractivity contribution in [3.63, 3.8) is 0 Å². The third-order valence-corrected chi connectivity index (χ3v) is 4.25. The van der Waals surface area contributed by atoms with Gasteiger partial charge in [0.1, 0.15) is 0 Å². The molecule has 10 heteroatoms. The Balaban J connectivity index is 0.00000364. The van der Waals surface area contributed by atoms with Gasteiger partial charge in [-0.25, -0.2) is 4.79 Å². The van der Waals surface area contributed by atoms with E-state index in [9.17, 15) is 9.59 Å². The van der Waals surface area contributed by atoms with E-state index in [0.717, 1.165) is 25.9 Å². The third kappa shape index (κ3) is 10.1. The quantitative estimate of drug-likeness (QED) is 0.467. The number of ether oxygens (including phenoxy) is 1. The molecule has 28 heavy (non-hydrogen) atoms. The molecule has 1 aromatic carbocycles. The molecule has 1 aromatic rings. The maximum Gasteiger partial charge on any atom is 0.319 e. The normalized spacial score (nSPS) is 14.4. The number of carbonyl (C=O) groups is 2. The Labute approximate surface area is 179 Å². The van der Waals surface area contributed by atoms with E-state index in [2.05, 4.69) is 33.2 Å². The summed E-state index contributed by atoms with van der Waals surface area (Å²) in [7, 11) is 3.71. The molecule has 0 bridgehead atoms. The van der Waals surface area contributed by atoms with Crippen LogP contribution >= 0.6 is 24.8 Å². The highest BCUT2D eigenvalue weighted by molar-refractivity contribution is 5.93. The number of piperidine rings is 1. The summed E-state index contributed by atoms with van der Waals surface area (Å²) in [5, 5.41) is 11.6. The van der Waals surface area contributed by atoms with E-state index in [1.165, 1.54) is 0 Å².